The van der Waals surface area contributed by atoms with Gasteiger partial charge in [0.05, 0.1) is 18.8 Å². The molecule has 0 aromatic heterocycles. The van der Waals surface area contributed by atoms with Crippen molar-refractivity contribution in [1.82, 2.24) is 10.2 Å². The van der Waals surface area contributed by atoms with E-state index >= 15 is 0 Å². The molecule has 1 N–H and O–H groups in total. The molecule has 21 heavy (non-hydrogen) atoms. The second-order valence-electron chi connectivity index (χ2n) is 4.61. The molecule has 0 aliphatic carbocycles. The number of benzene rings is 1. The number of nitrogens with one attached hydrogen (secondary N) is 1. The van der Waals surface area contributed by atoms with Crippen molar-refractivity contribution in [3.05, 3.63) is 33.3 Å². The number of hydrogen-bond acceptors (Lipinski definition) is 3. The van der Waals surface area contributed by atoms with Crippen LogP contribution in [0.15, 0.2) is 22.7 Å². The Bertz CT molecular complexity index is 553. The Morgan fingerprint density at radius 2 is 2.29 bits per heavy atom. The Balaban J connectivity index is 2.24. The first-order valence-electron chi connectivity index (χ1n) is 6.66. The molecule has 0 saturated carbocycles. The van der Waals surface area contributed by atoms with Gasteiger partial charge in [0.15, 0.2) is 0 Å². The smallest absolute Gasteiger partial charge is 0.255 e. The van der Waals surface area contributed by atoms with E-state index in [2.05, 4.69) is 21.2 Å². The number of carbonyl (C=O) groups is 2. The molecule has 7 heteroatoms. The van der Waals surface area contributed by atoms with Gasteiger partial charge in [-0.15, -0.1) is 0 Å². The molecule has 1 aliphatic heterocycles. The van der Waals surface area contributed by atoms with Crippen LogP contribution in [0.4, 0.5) is 0 Å². The lowest BCUT2D eigenvalue weighted by Gasteiger charge is -2.34. The minimum Gasteiger partial charge on any atom is -0.377 e. The summed E-state index contributed by atoms with van der Waals surface area (Å²) in [5, 5.41) is 3.27. The van der Waals surface area contributed by atoms with Crippen LogP contribution in [0.25, 0.3) is 0 Å². The minimum absolute atomic E-state index is 0.198. The van der Waals surface area contributed by atoms with Crippen molar-refractivity contribution in [3.63, 3.8) is 0 Å². The molecule has 5 nitrogen and oxygen atoms in total. The van der Waals surface area contributed by atoms with E-state index in [1.54, 1.807) is 23.1 Å². The number of halogens is 2. The maximum Gasteiger partial charge on any atom is 0.255 e. The molecular weight excluding hydrogens is 360 g/mol. The van der Waals surface area contributed by atoms with E-state index in [-0.39, 0.29) is 18.4 Å². The first-order chi connectivity index (χ1) is 10.0. The Labute approximate surface area is 136 Å². The fourth-order valence-electron chi connectivity index (χ4n) is 2.17. The molecular formula is C14H16BrClN2O3. The maximum absolute atomic E-state index is 12.7. The molecule has 2 amide bonds. The molecule has 1 aromatic rings. The monoisotopic (exact) mass is 374 g/mol. The highest BCUT2D eigenvalue weighted by Crippen LogP contribution is 2.24. The summed E-state index contributed by atoms with van der Waals surface area (Å²) in [6.45, 7) is 3.37. The number of nitrogens with zero attached hydrogens (tertiary/aromatic N) is 1. The summed E-state index contributed by atoms with van der Waals surface area (Å²) in [6.07, 6.45) is 0. The molecule has 1 aromatic carbocycles. The zero-order valence-corrected chi connectivity index (χ0v) is 13.9. The normalized spacial score (nSPS) is 18.4. The van der Waals surface area contributed by atoms with E-state index in [1.165, 1.54) is 0 Å². The zero-order valence-electron chi connectivity index (χ0n) is 11.6. The third-order valence-electron chi connectivity index (χ3n) is 3.20. The molecule has 0 bridgehead atoms. The van der Waals surface area contributed by atoms with E-state index in [9.17, 15) is 9.59 Å². The SMILES string of the molecule is CCNC(=O)C1COCCN1C(=O)c1ccc(Cl)cc1Br. The molecule has 1 heterocycles. The number of likely N-dealkylation sites (N-methyl/N-ethyl adjacent to an activating group) is 1. The Kier molecular flexibility index (Phi) is 5.61. The predicted molar refractivity (Wildman–Crippen MR) is 83.5 cm³/mol. The number of hydrogen-bond donors (Lipinski definition) is 1. The van der Waals surface area contributed by atoms with Crippen LogP contribution >= 0.6 is 27.5 Å². The lowest BCUT2D eigenvalue weighted by Crippen LogP contribution is -2.55. The van der Waals surface area contributed by atoms with Crippen LogP contribution in [0.1, 0.15) is 17.3 Å². The lowest BCUT2D eigenvalue weighted by atomic mass is 10.1. The number of ether oxygens (including phenoxy) is 1. The van der Waals surface area contributed by atoms with Gasteiger partial charge < -0.3 is 15.0 Å². The third-order valence-corrected chi connectivity index (χ3v) is 4.10. The van der Waals surface area contributed by atoms with Crippen molar-refractivity contribution in [3.8, 4) is 0 Å². The fourth-order valence-corrected chi connectivity index (χ4v) is 3.03. The van der Waals surface area contributed by atoms with Gasteiger partial charge in [0, 0.05) is 22.6 Å². The van der Waals surface area contributed by atoms with Crippen molar-refractivity contribution in [1.29, 1.82) is 0 Å². The maximum atomic E-state index is 12.7. The molecule has 114 valence electrons. The summed E-state index contributed by atoms with van der Waals surface area (Å²) >= 11 is 9.23. The predicted octanol–water partition coefficient (Wildman–Crippen LogP) is 2.08. The highest BCUT2D eigenvalue weighted by atomic mass is 79.9. The van der Waals surface area contributed by atoms with Gasteiger partial charge in [-0.2, -0.15) is 0 Å². The topological polar surface area (TPSA) is 58.6 Å². The molecule has 0 radical (unpaired) electrons. The zero-order chi connectivity index (χ0) is 15.4. The molecule has 0 spiro atoms. The van der Waals surface area contributed by atoms with Gasteiger partial charge >= 0.3 is 0 Å². The largest absolute Gasteiger partial charge is 0.377 e. The van der Waals surface area contributed by atoms with E-state index in [4.69, 9.17) is 16.3 Å². The Morgan fingerprint density at radius 3 is 2.95 bits per heavy atom. The Morgan fingerprint density at radius 1 is 1.52 bits per heavy atom. The number of morpholine rings is 1. The van der Waals surface area contributed by atoms with Crippen LogP contribution in [-0.4, -0.2) is 49.1 Å². The highest BCUT2D eigenvalue weighted by molar-refractivity contribution is 9.10. The second-order valence-corrected chi connectivity index (χ2v) is 5.90. The summed E-state index contributed by atoms with van der Waals surface area (Å²) in [4.78, 5) is 26.3. The summed E-state index contributed by atoms with van der Waals surface area (Å²) in [6, 6.07) is 4.37. The third kappa shape index (κ3) is 3.75. The van der Waals surface area contributed by atoms with E-state index in [0.29, 0.717) is 34.8 Å². The van der Waals surface area contributed by atoms with Crippen LogP contribution in [-0.2, 0) is 9.53 Å². The first kappa shape index (κ1) is 16.3. The molecule has 1 atom stereocenters. The van der Waals surface area contributed by atoms with Crippen molar-refractivity contribution in [2.75, 3.05) is 26.3 Å². The molecule has 1 aliphatic rings. The molecule has 1 fully saturated rings. The summed E-state index contributed by atoms with van der Waals surface area (Å²) in [5.74, 6) is -0.409. The van der Waals surface area contributed by atoms with Crippen LogP contribution in [0.3, 0.4) is 0 Å². The van der Waals surface area contributed by atoms with Crippen LogP contribution in [0, 0.1) is 0 Å². The van der Waals surface area contributed by atoms with Gasteiger partial charge in [-0.3, -0.25) is 9.59 Å². The van der Waals surface area contributed by atoms with Crippen LogP contribution < -0.4 is 5.32 Å². The summed E-state index contributed by atoms with van der Waals surface area (Å²) < 4.78 is 5.94. The van der Waals surface area contributed by atoms with E-state index in [0.717, 1.165) is 0 Å². The lowest BCUT2D eigenvalue weighted by molar-refractivity contribution is -0.130. The standard InChI is InChI=1S/C14H16BrClN2O3/c1-2-17-13(19)12-8-21-6-5-18(12)14(20)10-4-3-9(16)7-11(10)15/h3-4,7,12H,2,5-6,8H2,1H3,(H,17,19). The van der Waals surface area contributed by atoms with Gasteiger partial charge in [-0.25, -0.2) is 0 Å². The molecule has 2 rings (SSSR count). The molecule has 1 unspecified atom stereocenters. The average molecular weight is 376 g/mol. The van der Waals surface area contributed by atoms with Crippen molar-refractivity contribution >= 4 is 39.3 Å². The molecule has 1 saturated heterocycles. The average Bonchev–Trinajstić information content (AvgIpc) is 2.47. The highest BCUT2D eigenvalue weighted by Gasteiger charge is 2.33. The van der Waals surface area contributed by atoms with Gasteiger partial charge in [-0.1, -0.05) is 11.6 Å². The second kappa shape index (κ2) is 7.24. The first-order valence-corrected chi connectivity index (χ1v) is 7.83. The van der Waals surface area contributed by atoms with Crippen LogP contribution in [0.2, 0.25) is 5.02 Å². The van der Waals surface area contributed by atoms with Crippen molar-refractivity contribution in [2.24, 2.45) is 0 Å². The van der Waals surface area contributed by atoms with Gasteiger partial charge in [0.25, 0.3) is 5.91 Å². The van der Waals surface area contributed by atoms with Crippen molar-refractivity contribution < 1.29 is 14.3 Å². The minimum atomic E-state index is -0.603. The Hall–Kier alpha value is -1.11. The van der Waals surface area contributed by atoms with Crippen LogP contribution in [0.5, 0.6) is 0 Å². The van der Waals surface area contributed by atoms with Gasteiger partial charge in [0.1, 0.15) is 6.04 Å². The van der Waals surface area contributed by atoms with E-state index < -0.39 is 6.04 Å². The quantitative estimate of drug-likeness (QED) is 0.880. The van der Waals surface area contributed by atoms with Crippen molar-refractivity contribution in [2.45, 2.75) is 13.0 Å². The van der Waals surface area contributed by atoms with E-state index in [1.807, 2.05) is 6.92 Å². The van der Waals surface area contributed by atoms with Gasteiger partial charge in [-0.05, 0) is 41.1 Å². The number of rotatable bonds is 3. The van der Waals surface area contributed by atoms with Gasteiger partial charge in [0.2, 0.25) is 5.91 Å². The number of amides is 2. The summed E-state index contributed by atoms with van der Waals surface area (Å²) in [5.41, 5.74) is 0.482. The summed E-state index contributed by atoms with van der Waals surface area (Å²) in [7, 11) is 0. The fraction of sp³-hybridized carbons (Fsp3) is 0.429. The number of carbonyl (C=O) groups excluding carboxylic acids is 2.